The number of alkyl halides is 3. The smallest absolute Gasteiger partial charge is 0.416 e. The molecule has 0 bridgehead atoms. The van der Waals surface area contributed by atoms with Crippen LogP contribution in [0.5, 0.6) is 11.5 Å². The second-order valence-electron chi connectivity index (χ2n) is 9.26. The predicted octanol–water partition coefficient (Wildman–Crippen LogP) is 5.65. The topological polar surface area (TPSA) is 80.2 Å². The molecule has 0 radical (unpaired) electrons. The molecule has 216 valence electrons. The van der Waals surface area contributed by atoms with Gasteiger partial charge in [-0.3, -0.25) is 14.5 Å². The standard InChI is InChI=1S/C30H30F3N3O4S/c1-39-24-12-11-21(17-25(24)40-2)14-16-36-27(37)19-26(28(38)34-15-13-20-7-4-3-5-8-20)41-29(36)35-23-10-6-9-22(18-23)30(31,32)33/h3-12,17-18,26H,13-16,19H2,1-2H3,(H,34,38). The molecular formula is C30H30F3N3O4S. The number of benzene rings is 3. The van der Waals surface area contributed by atoms with Crippen LogP contribution in [0.15, 0.2) is 77.8 Å². The number of aliphatic imine (C=N–C) groups is 1. The number of rotatable bonds is 10. The lowest BCUT2D eigenvalue weighted by Gasteiger charge is -2.32. The molecule has 1 aliphatic heterocycles. The molecular weight excluding hydrogens is 555 g/mol. The number of hydrogen-bond donors (Lipinski definition) is 1. The summed E-state index contributed by atoms with van der Waals surface area (Å²) >= 11 is 1.07. The number of thioether (sulfide) groups is 1. The van der Waals surface area contributed by atoms with E-state index < -0.39 is 17.0 Å². The minimum atomic E-state index is -4.54. The lowest BCUT2D eigenvalue weighted by atomic mass is 10.1. The van der Waals surface area contributed by atoms with Crippen LogP contribution < -0.4 is 14.8 Å². The van der Waals surface area contributed by atoms with Crippen molar-refractivity contribution in [3.63, 3.8) is 0 Å². The molecule has 0 spiro atoms. The van der Waals surface area contributed by atoms with Crippen molar-refractivity contribution in [2.24, 2.45) is 4.99 Å². The van der Waals surface area contributed by atoms with Crippen LogP contribution in [0.1, 0.15) is 23.1 Å². The minimum absolute atomic E-state index is 0.0383. The van der Waals surface area contributed by atoms with Gasteiger partial charge in [0.25, 0.3) is 0 Å². The fourth-order valence-corrected chi connectivity index (χ4v) is 5.44. The molecule has 1 saturated heterocycles. The first-order valence-electron chi connectivity index (χ1n) is 12.9. The highest BCUT2D eigenvalue weighted by molar-refractivity contribution is 8.15. The Bertz CT molecular complexity index is 1400. The Morgan fingerprint density at radius 3 is 2.44 bits per heavy atom. The van der Waals surface area contributed by atoms with Crippen LogP contribution in [-0.2, 0) is 28.6 Å². The Labute approximate surface area is 240 Å². The Hall–Kier alpha value is -3.99. The van der Waals surface area contributed by atoms with Crippen LogP contribution in [0.25, 0.3) is 0 Å². The number of halogens is 3. The molecule has 11 heteroatoms. The van der Waals surface area contributed by atoms with E-state index in [4.69, 9.17) is 9.47 Å². The summed E-state index contributed by atoms with van der Waals surface area (Å²) in [6, 6.07) is 19.6. The van der Waals surface area contributed by atoms with E-state index in [9.17, 15) is 22.8 Å². The molecule has 1 unspecified atom stereocenters. The van der Waals surface area contributed by atoms with E-state index in [-0.39, 0.29) is 35.6 Å². The summed E-state index contributed by atoms with van der Waals surface area (Å²) < 4.78 is 50.6. The summed E-state index contributed by atoms with van der Waals surface area (Å²) in [5.74, 6) is 0.442. The summed E-state index contributed by atoms with van der Waals surface area (Å²) in [6.45, 7) is 0.596. The highest BCUT2D eigenvalue weighted by atomic mass is 32.2. The molecule has 0 aromatic heterocycles. The molecule has 2 amide bonds. The van der Waals surface area contributed by atoms with Gasteiger partial charge < -0.3 is 14.8 Å². The number of ether oxygens (including phenoxy) is 2. The van der Waals surface area contributed by atoms with Crippen LogP contribution in [0, 0.1) is 0 Å². The second-order valence-corrected chi connectivity index (χ2v) is 10.4. The molecule has 1 fully saturated rings. The van der Waals surface area contributed by atoms with Crippen LogP contribution in [0.3, 0.4) is 0 Å². The number of amidine groups is 1. The van der Waals surface area contributed by atoms with Crippen molar-refractivity contribution >= 4 is 34.4 Å². The first kappa shape index (κ1) is 30.0. The largest absolute Gasteiger partial charge is 0.493 e. The van der Waals surface area contributed by atoms with Gasteiger partial charge >= 0.3 is 6.18 Å². The Morgan fingerprint density at radius 2 is 1.73 bits per heavy atom. The number of carbonyl (C=O) groups excluding carboxylic acids is 2. The zero-order chi connectivity index (χ0) is 29.4. The highest BCUT2D eigenvalue weighted by Gasteiger charge is 2.36. The molecule has 1 heterocycles. The van der Waals surface area contributed by atoms with E-state index in [2.05, 4.69) is 10.3 Å². The zero-order valence-electron chi connectivity index (χ0n) is 22.6. The van der Waals surface area contributed by atoms with Gasteiger partial charge in [-0.1, -0.05) is 54.2 Å². The van der Waals surface area contributed by atoms with Crippen LogP contribution in [0.2, 0.25) is 0 Å². The first-order chi connectivity index (χ1) is 19.7. The number of nitrogens with zero attached hydrogens (tertiary/aromatic N) is 2. The summed E-state index contributed by atoms with van der Waals surface area (Å²) in [4.78, 5) is 32.1. The van der Waals surface area contributed by atoms with Crippen molar-refractivity contribution in [1.29, 1.82) is 0 Å². The van der Waals surface area contributed by atoms with Crippen molar-refractivity contribution in [2.45, 2.75) is 30.7 Å². The van der Waals surface area contributed by atoms with Gasteiger partial charge in [0, 0.05) is 19.5 Å². The molecule has 1 N–H and O–H groups in total. The molecule has 3 aromatic carbocycles. The summed E-state index contributed by atoms with van der Waals surface area (Å²) in [5, 5.41) is 2.28. The van der Waals surface area contributed by atoms with Crippen molar-refractivity contribution in [3.05, 3.63) is 89.5 Å². The van der Waals surface area contributed by atoms with Gasteiger partial charge in [0.05, 0.1) is 30.7 Å². The van der Waals surface area contributed by atoms with Gasteiger partial charge in [-0.05, 0) is 54.3 Å². The van der Waals surface area contributed by atoms with E-state index in [0.29, 0.717) is 30.9 Å². The number of methoxy groups -OCH3 is 2. The molecule has 0 aliphatic carbocycles. The Balaban J connectivity index is 1.54. The van der Waals surface area contributed by atoms with E-state index in [1.807, 2.05) is 36.4 Å². The second kappa shape index (κ2) is 13.6. The molecule has 41 heavy (non-hydrogen) atoms. The average molecular weight is 586 g/mol. The number of carbonyl (C=O) groups is 2. The van der Waals surface area contributed by atoms with Gasteiger partial charge in [0.2, 0.25) is 11.8 Å². The lowest BCUT2D eigenvalue weighted by Crippen LogP contribution is -2.47. The number of amides is 2. The van der Waals surface area contributed by atoms with E-state index in [0.717, 1.165) is 35.0 Å². The first-order valence-corrected chi connectivity index (χ1v) is 13.8. The maximum absolute atomic E-state index is 13.3. The van der Waals surface area contributed by atoms with E-state index in [1.165, 1.54) is 31.3 Å². The Morgan fingerprint density at radius 1 is 0.976 bits per heavy atom. The maximum atomic E-state index is 13.3. The van der Waals surface area contributed by atoms with Crippen molar-refractivity contribution in [2.75, 3.05) is 27.3 Å². The molecule has 3 aromatic rings. The normalized spacial score (nSPS) is 16.5. The molecule has 0 saturated carbocycles. The summed E-state index contributed by atoms with van der Waals surface area (Å²) in [5.41, 5.74) is 1.11. The van der Waals surface area contributed by atoms with Crippen molar-refractivity contribution < 1.29 is 32.2 Å². The molecule has 7 nitrogen and oxygen atoms in total. The highest BCUT2D eigenvalue weighted by Crippen LogP contribution is 2.34. The quantitative estimate of drug-likeness (QED) is 0.333. The third kappa shape index (κ3) is 8.03. The van der Waals surface area contributed by atoms with Gasteiger partial charge in [0.15, 0.2) is 16.7 Å². The molecule has 1 atom stereocenters. The van der Waals surface area contributed by atoms with Crippen LogP contribution >= 0.6 is 11.8 Å². The van der Waals surface area contributed by atoms with Crippen LogP contribution in [-0.4, -0.2) is 54.4 Å². The van der Waals surface area contributed by atoms with Gasteiger partial charge in [-0.15, -0.1) is 0 Å². The van der Waals surface area contributed by atoms with Crippen molar-refractivity contribution in [3.8, 4) is 11.5 Å². The maximum Gasteiger partial charge on any atom is 0.416 e. The average Bonchev–Trinajstić information content (AvgIpc) is 2.96. The third-order valence-electron chi connectivity index (χ3n) is 6.46. The predicted molar refractivity (Wildman–Crippen MR) is 153 cm³/mol. The van der Waals surface area contributed by atoms with E-state index in [1.54, 1.807) is 12.1 Å². The van der Waals surface area contributed by atoms with Gasteiger partial charge in [-0.2, -0.15) is 13.2 Å². The number of hydrogen-bond acceptors (Lipinski definition) is 6. The fraction of sp³-hybridized carbons (Fsp3) is 0.300. The van der Waals surface area contributed by atoms with Crippen molar-refractivity contribution in [1.82, 2.24) is 10.2 Å². The zero-order valence-corrected chi connectivity index (χ0v) is 23.4. The number of nitrogens with one attached hydrogen (secondary N) is 1. The van der Waals surface area contributed by atoms with Crippen LogP contribution in [0.4, 0.5) is 18.9 Å². The Kier molecular flexibility index (Phi) is 9.93. The summed E-state index contributed by atoms with van der Waals surface area (Å²) in [7, 11) is 3.06. The van der Waals surface area contributed by atoms with Gasteiger partial charge in [-0.25, -0.2) is 4.99 Å². The van der Waals surface area contributed by atoms with Gasteiger partial charge in [0.1, 0.15) is 0 Å². The third-order valence-corrected chi connectivity index (χ3v) is 7.65. The fourth-order valence-electron chi connectivity index (χ4n) is 4.29. The molecule has 4 rings (SSSR count). The summed E-state index contributed by atoms with van der Waals surface area (Å²) in [6.07, 6.45) is -3.56. The SMILES string of the molecule is COc1ccc(CCN2C(=O)CC(C(=O)NCCc3ccccc3)SC2=Nc2cccc(C(F)(F)F)c2)cc1OC. The van der Waals surface area contributed by atoms with E-state index >= 15 is 0 Å². The minimum Gasteiger partial charge on any atom is -0.493 e. The lowest BCUT2D eigenvalue weighted by molar-refractivity contribution is -0.137. The molecule has 1 aliphatic rings. The monoisotopic (exact) mass is 585 g/mol.